The molecule has 0 N–H and O–H groups in total. The molecular formula is C20H28N6O2. The molecule has 0 saturated carbocycles. The maximum absolute atomic E-state index is 13.2. The molecule has 2 saturated heterocycles. The summed E-state index contributed by atoms with van der Waals surface area (Å²) in [6.45, 7) is 8.77. The molecule has 0 radical (unpaired) electrons. The maximum atomic E-state index is 13.2. The van der Waals surface area contributed by atoms with Crippen molar-refractivity contribution in [1.29, 1.82) is 0 Å². The number of hydrogen-bond donors (Lipinski definition) is 0. The summed E-state index contributed by atoms with van der Waals surface area (Å²) in [4.78, 5) is 36.1. The van der Waals surface area contributed by atoms with Crippen LogP contribution < -0.4 is 0 Å². The number of likely N-dealkylation sites (tertiary alicyclic amines) is 1. The Labute approximate surface area is 165 Å². The zero-order valence-electron chi connectivity index (χ0n) is 16.9. The fraction of sp³-hybridized carbons (Fsp3) is 0.600. The predicted octanol–water partition coefficient (Wildman–Crippen LogP) is 0.965. The minimum absolute atomic E-state index is 0.0251. The predicted molar refractivity (Wildman–Crippen MR) is 106 cm³/mol. The molecule has 4 rings (SSSR count). The summed E-state index contributed by atoms with van der Waals surface area (Å²) in [5, 5.41) is 5.27. The normalized spacial score (nSPS) is 18.2. The Morgan fingerprint density at radius 3 is 2.36 bits per heavy atom. The lowest BCUT2D eigenvalue weighted by atomic mass is 10.1. The van der Waals surface area contributed by atoms with E-state index in [4.69, 9.17) is 0 Å². The minimum atomic E-state index is 0.0251. The number of fused-ring (bicyclic) bond motifs is 1. The Kier molecular flexibility index (Phi) is 5.05. The van der Waals surface area contributed by atoms with Crippen LogP contribution in [-0.4, -0.2) is 87.1 Å². The molecule has 0 unspecified atom stereocenters. The molecule has 8 nitrogen and oxygen atoms in total. The molecule has 8 heteroatoms. The van der Waals surface area contributed by atoms with Crippen molar-refractivity contribution >= 4 is 22.8 Å². The molecule has 0 aliphatic carbocycles. The average molecular weight is 384 g/mol. The summed E-state index contributed by atoms with van der Waals surface area (Å²) in [5.74, 6) is 0.242. The fourth-order valence-electron chi connectivity index (χ4n) is 4.28. The van der Waals surface area contributed by atoms with Gasteiger partial charge in [-0.2, -0.15) is 5.10 Å². The molecule has 2 amide bonds. The van der Waals surface area contributed by atoms with Gasteiger partial charge in [0, 0.05) is 52.0 Å². The summed E-state index contributed by atoms with van der Waals surface area (Å²) in [6, 6.07) is 1.86. The van der Waals surface area contributed by atoms with Gasteiger partial charge in [-0.05, 0) is 32.8 Å². The second-order valence-corrected chi connectivity index (χ2v) is 7.88. The highest BCUT2D eigenvalue weighted by molar-refractivity contribution is 6.06. The number of hydrogen-bond acceptors (Lipinski definition) is 5. The van der Waals surface area contributed by atoms with Gasteiger partial charge in [0.1, 0.15) is 0 Å². The average Bonchev–Trinajstić information content (AvgIpc) is 3.30. The van der Waals surface area contributed by atoms with Crippen molar-refractivity contribution in [2.45, 2.75) is 26.7 Å². The standard InChI is InChI=1S/C20H28N6O2/c1-14-12-16(18-15(2)22-23(3)19(18)21-14)20(28)26-10-8-24(9-11-26)13-17(27)25-6-4-5-7-25/h12H,4-11,13H2,1-3H3. The van der Waals surface area contributed by atoms with Crippen molar-refractivity contribution in [3.05, 3.63) is 23.0 Å². The van der Waals surface area contributed by atoms with E-state index in [0.29, 0.717) is 25.2 Å². The van der Waals surface area contributed by atoms with Crippen molar-refractivity contribution < 1.29 is 9.59 Å². The van der Waals surface area contributed by atoms with Crippen LogP contribution in [-0.2, 0) is 11.8 Å². The quantitative estimate of drug-likeness (QED) is 0.788. The zero-order chi connectivity index (χ0) is 19.8. The van der Waals surface area contributed by atoms with E-state index in [0.717, 1.165) is 61.4 Å². The van der Waals surface area contributed by atoms with E-state index in [9.17, 15) is 9.59 Å². The molecule has 2 aromatic heterocycles. The number of pyridine rings is 1. The lowest BCUT2D eigenvalue weighted by molar-refractivity contribution is -0.131. The Morgan fingerprint density at radius 1 is 1.00 bits per heavy atom. The second-order valence-electron chi connectivity index (χ2n) is 7.88. The van der Waals surface area contributed by atoms with Crippen LogP contribution in [0, 0.1) is 13.8 Å². The third-order valence-electron chi connectivity index (χ3n) is 5.80. The van der Waals surface area contributed by atoms with Gasteiger partial charge in [-0.3, -0.25) is 19.2 Å². The van der Waals surface area contributed by atoms with Gasteiger partial charge in [0.15, 0.2) is 5.65 Å². The van der Waals surface area contributed by atoms with Crippen LogP contribution in [0.2, 0.25) is 0 Å². The highest BCUT2D eigenvalue weighted by Crippen LogP contribution is 2.23. The molecule has 0 spiro atoms. The molecule has 2 aliphatic heterocycles. The number of carbonyl (C=O) groups is 2. The van der Waals surface area contributed by atoms with Crippen LogP contribution in [0.3, 0.4) is 0 Å². The molecule has 0 aromatic carbocycles. The highest BCUT2D eigenvalue weighted by Gasteiger charge is 2.27. The van der Waals surface area contributed by atoms with Crippen LogP contribution >= 0.6 is 0 Å². The zero-order valence-corrected chi connectivity index (χ0v) is 16.9. The van der Waals surface area contributed by atoms with Gasteiger partial charge in [0.25, 0.3) is 5.91 Å². The third-order valence-corrected chi connectivity index (χ3v) is 5.80. The highest BCUT2D eigenvalue weighted by atomic mass is 16.2. The lowest BCUT2D eigenvalue weighted by Crippen LogP contribution is -2.51. The SMILES string of the molecule is Cc1cc(C(=O)N2CCN(CC(=O)N3CCCC3)CC2)c2c(C)nn(C)c2n1. The molecule has 0 atom stereocenters. The summed E-state index contributed by atoms with van der Waals surface area (Å²) in [7, 11) is 1.85. The van der Waals surface area contributed by atoms with Crippen molar-refractivity contribution in [3.8, 4) is 0 Å². The number of nitrogens with zero attached hydrogens (tertiary/aromatic N) is 6. The summed E-state index contributed by atoms with van der Waals surface area (Å²) in [6.07, 6.45) is 2.23. The van der Waals surface area contributed by atoms with Crippen LogP contribution in [0.4, 0.5) is 0 Å². The van der Waals surface area contributed by atoms with Gasteiger partial charge in [0.05, 0.1) is 23.2 Å². The number of piperazine rings is 1. The molecule has 4 heterocycles. The maximum Gasteiger partial charge on any atom is 0.254 e. The minimum Gasteiger partial charge on any atom is -0.342 e. The number of amides is 2. The van der Waals surface area contributed by atoms with Crippen LogP contribution in [0.25, 0.3) is 11.0 Å². The van der Waals surface area contributed by atoms with E-state index in [2.05, 4.69) is 15.0 Å². The van der Waals surface area contributed by atoms with E-state index in [1.165, 1.54) is 0 Å². The Hall–Kier alpha value is -2.48. The topological polar surface area (TPSA) is 74.6 Å². The van der Waals surface area contributed by atoms with Gasteiger partial charge in [-0.1, -0.05) is 0 Å². The molecule has 2 aliphatic rings. The van der Waals surface area contributed by atoms with Crippen LogP contribution in [0.1, 0.15) is 34.6 Å². The Morgan fingerprint density at radius 2 is 1.68 bits per heavy atom. The molecule has 28 heavy (non-hydrogen) atoms. The number of carbonyl (C=O) groups excluding carboxylic acids is 2. The second kappa shape index (κ2) is 7.50. The van der Waals surface area contributed by atoms with Crippen LogP contribution in [0.15, 0.2) is 6.07 Å². The first-order chi connectivity index (χ1) is 13.4. The number of aryl methyl sites for hydroxylation is 3. The summed E-state index contributed by atoms with van der Waals surface area (Å²) >= 11 is 0. The van der Waals surface area contributed by atoms with E-state index < -0.39 is 0 Å². The molecule has 2 aromatic rings. The molecular weight excluding hydrogens is 356 g/mol. The van der Waals surface area contributed by atoms with Crippen molar-refractivity contribution in [2.24, 2.45) is 7.05 Å². The van der Waals surface area contributed by atoms with Crippen molar-refractivity contribution in [2.75, 3.05) is 45.8 Å². The first-order valence-corrected chi connectivity index (χ1v) is 10.0. The molecule has 2 fully saturated rings. The first kappa shape index (κ1) is 18.9. The molecule has 0 bridgehead atoms. The summed E-state index contributed by atoms with van der Waals surface area (Å²) < 4.78 is 1.73. The van der Waals surface area contributed by atoms with Gasteiger partial charge in [-0.15, -0.1) is 0 Å². The number of aromatic nitrogens is 3. The third kappa shape index (κ3) is 3.48. The largest absolute Gasteiger partial charge is 0.342 e. The number of rotatable bonds is 3. The summed E-state index contributed by atoms with van der Waals surface area (Å²) in [5.41, 5.74) is 3.06. The van der Waals surface area contributed by atoms with Crippen LogP contribution in [0.5, 0.6) is 0 Å². The smallest absolute Gasteiger partial charge is 0.254 e. The van der Waals surface area contributed by atoms with E-state index in [1.807, 2.05) is 36.8 Å². The van der Waals surface area contributed by atoms with Gasteiger partial charge in [0.2, 0.25) is 5.91 Å². The van der Waals surface area contributed by atoms with E-state index >= 15 is 0 Å². The molecule has 150 valence electrons. The first-order valence-electron chi connectivity index (χ1n) is 10.0. The fourth-order valence-corrected chi connectivity index (χ4v) is 4.28. The van der Waals surface area contributed by atoms with Gasteiger partial charge in [-0.25, -0.2) is 4.98 Å². The Balaban J connectivity index is 1.44. The van der Waals surface area contributed by atoms with Gasteiger partial charge < -0.3 is 9.80 Å². The lowest BCUT2D eigenvalue weighted by Gasteiger charge is -2.35. The van der Waals surface area contributed by atoms with E-state index in [1.54, 1.807) is 4.68 Å². The van der Waals surface area contributed by atoms with Crippen molar-refractivity contribution in [1.82, 2.24) is 29.5 Å². The van der Waals surface area contributed by atoms with E-state index in [-0.39, 0.29) is 11.8 Å². The van der Waals surface area contributed by atoms with Crippen molar-refractivity contribution in [3.63, 3.8) is 0 Å². The Bertz CT molecular complexity index is 907. The monoisotopic (exact) mass is 384 g/mol. The van der Waals surface area contributed by atoms with Gasteiger partial charge >= 0.3 is 0 Å².